The van der Waals surface area contributed by atoms with E-state index in [1.807, 2.05) is 0 Å². The van der Waals surface area contributed by atoms with E-state index in [0.717, 1.165) is 0 Å². The molecule has 1 atom stereocenters. The van der Waals surface area contributed by atoms with E-state index < -0.39 is 11.9 Å². The predicted octanol–water partition coefficient (Wildman–Crippen LogP) is 0.0214. The minimum atomic E-state index is -1.32. The molecule has 6 heteroatoms. The standard InChI is InChI=1S/C4H6BrN3O2/c5-1-2(6)3(8-10)4(7)9/h3,6H,1H2,(H2,7,9). The van der Waals surface area contributed by atoms with Crippen LogP contribution in [0.25, 0.3) is 0 Å². The van der Waals surface area contributed by atoms with Gasteiger partial charge >= 0.3 is 0 Å². The highest BCUT2D eigenvalue weighted by molar-refractivity contribution is 9.09. The van der Waals surface area contributed by atoms with Crippen LogP contribution in [0.15, 0.2) is 5.18 Å². The lowest BCUT2D eigenvalue weighted by Crippen LogP contribution is -2.34. The van der Waals surface area contributed by atoms with Crippen molar-refractivity contribution >= 4 is 27.5 Å². The zero-order valence-electron chi connectivity index (χ0n) is 5.00. The van der Waals surface area contributed by atoms with Crippen molar-refractivity contribution in [1.29, 1.82) is 5.41 Å². The average molecular weight is 208 g/mol. The molecule has 0 aromatic rings. The summed E-state index contributed by atoms with van der Waals surface area (Å²) in [4.78, 5) is 20.1. The molecule has 0 saturated carbocycles. The van der Waals surface area contributed by atoms with Gasteiger partial charge in [-0.3, -0.25) is 4.79 Å². The van der Waals surface area contributed by atoms with Crippen LogP contribution in [0.2, 0.25) is 0 Å². The van der Waals surface area contributed by atoms with Crippen LogP contribution in [-0.2, 0) is 4.79 Å². The van der Waals surface area contributed by atoms with Crippen LogP contribution in [0, 0.1) is 10.3 Å². The quantitative estimate of drug-likeness (QED) is 0.387. The Morgan fingerprint density at radius 1 is 1.80 bits per heavy atom. The van der Waals surface area contributed by atoms with Crippen molar-refractivity contribution in [1.82, 2.24) is 0 Å². The van der Waals surface area contributed by atoms with Gasteiger partial charge in [0.05, 0.1) is 5.71 Å². The normalized spacial score (nSPS) is 12.1. The first-order chi connectivity index (χ1) is 4.63. The smallest absolute Gasteiger partial charge is 0.251 e. The molecule has 0 spiro atoms. The largest absolute Gasteiger partial charge is 0.367 e. The summed E-state index contributed by atoms with van der Waals surface area (Å²) in [6.07, 6.45) is 0. The number of primary amides is 1. The molecule has 1 amide bonds. The first kappa shape index (κ1) is 9.22. The van der Waals surface area contributed by atoms with Crippen LogP contribution in [-0.4, -0.2) is 23.0 Å². The molecule has 0 aliphatic heterocycles. The van der Waals surface area contributed by atoms with Crippen molar-refractivity contribution in [2.75, 3.05) is 5.33 Å². The number of halogens is 1. The number of hydrogen-bond donors (Lipinski definition) is 2. The molecule has 0 saturated heterocycles. The van der Waals surface area contributed by atoms with Gasteiger partial charge in [-0.25, -0.2) is 0 Å². The Bertz CT molecular complexity index is 170. The maximum Gasteiger partial charge on any atom is 0.251 e. The van der Waals surface area contributed by atoms with Gasteiger partial charge in [0, 0.05) is 5.33 Å². The molecule has 0 aliphatic carbocycles. The maximum atomic E-state index is 10.3. The number of hydrogen-bond acceptors (Lipinski definition) is 4. The summed E-state index contributed by atoms with van der Waals surface area (Å²) in [6.45, 7) is 0. The van der Waals surface area contributed by atoms with Crippen molar-refractivity contribution in [3.63, 3.8) is 0 Å². The van der Waals surface area contributed by atoms with E-state index in [9.17, 15) is 9.70 Å². The number of nitrogens with zero attached hydrogens (tertiary/aromatic N) is 1. The number of carbonyl (C=O) groups excluding carboxylic acids is 1. The van der Waals surface area contributed by atoms with Gasteiger partial charge < -0.3 is 11.1 Å². The summed E-state index contributed by atoms with van der Waals surface area (Å²) < 4.78 is 0. The van der Waals surface area contributed by atoms with Gasteiger partial charge in [-0.1, -0.05) is 21.1 Å². The molecule has 0 aromatic heterocycles. The first-order valence-electron chi connectivity index (χ1n) is 2.38. The third-order valence-corrected chi connectivity index (χ3v) is 1.45. The van der Waals surface area contributed by atoms with E-state index in [2.05, 4.69) is 21.1 Å². The molecule has 0 aromatic carbocycles. The molecule has 0 heterocycles. The first-order valence-corrected chi connectivity index (χ1v) is 3.50. The van der Waals surface area contributed by atoms with E-state index >= 15 is 0 Å². The van der Waals surface area contributed by atoms with Crippen molar-refractivity contribution in [2.45, 2.75) is 6.04 Å². The van der Waals surface area contributed by atoms with Crippen LogP contribution in [0.3, 0.4) is 0 Å². The van der Waals surface area contributed by atoms with Gasteiger partial charge in [0.25, 0.3) is 5.91 Å². The number of nitrogens with two attached hydrogens (primary N) is 1. The Kier molecular flexibility index (Phi) is 3.78. The Balaban J connectivity index is 4.20. The molecular formula is C4H6BrN3O2. The van der Waals surface area contributed by atoms with E-state index in [4.69, 9.17) is 11.1 Å². The minimum Gasteiger partial charge on any atom is -0.367 e. The minimum absolute atomic E-state index is 0.123. The van der Waals surface area contributed by atoms with E-state index in [-0.39, 0.29) is 11.0 Å². The Morgan fingerprint density at radius 2 is 2.30 bits per heavy atom. The van der Waals surface area contributed by atoms with E-state index in [1.165, 1.54) is 0 Å². The maximum absolute atomic E-state index is 10.3. The Hall–Kier alpha value is -0.780. The van der Waals surface area contributed by atoms with Crippen molar-refractivity contribution in [2.24, 2.45) is 10.9 Å². The zero-order valence-corrected chi connectivity index (χ0v) is 6.59. The Labute approximate surface area is 65.6 Å². The summed E-state index contributed by atoms with van der Waals surface area (Å²) in [6, 6.07) is -1.32. The number of nitroso groups, excluding NO2 is 1. The third-order valence-electron chi connectivity index (χ3n) is 0.849. The summed E-state index contributed by atoms with van der Waals surface area (Å²) in [5, 5.41) is 9.49. The molecule has 0 aliphatic rings. The lowest BCUT2D eigenvalue weighted by atomic mass is 10.2. The molecule has 0 radical (unpaired) electrons. The zero-order chi connectivity index (χ0) is 8.15. The molecule has 0 bridgehead atoms. The van der Waals surface area contributed by atoms with Gasteiger partial charge in [-0.2, -0.15) is 0 Å². The molecule has 1 unspecified atom stereocenters. The lowest BCUT2D eigenvalue weighted by Gasteiger charge is -2.01. The Morgan fingerprint density at radius 3 is 2.40 bits per heavy atom. The molecule has 3 N–H and O–H groups in total. The SMILES string of the molecule is N=C(CBr)C(N=O)C(N)=O. The fourth-order valence-corrected chi connectivity index (χ4v) is 0.667. The number of alkyl halides is 1. The summed E-state index contributed by atoms with van der Waals surface area (Å²) in [5.41, 5.74) is 4.61. The third kappa shape index (κ3) is 2.22. The van der Waals surface area contributed by atoms with Crippen LogP contribution < -0.4 is 5.73 Å². The van der Waals surface area contributed by atoms with Gasteiger partial charge in [-0.15, -0.1) is 4.91 Å². The highest BCUT2D eigenvalue weighted by Crippen LogP contribution is 1.95. The molecule has 0 fully saturated rings. The van der Waals surface area contributed by atoms with Crippen molar-refractivity contribution in [3.8, 4) is 0 Å². The summed E-state index contributed by atoms with van der Waals surface area (Å²) in [7, 11) is 0. The number of nitrogens with one attached hydrogen (secondary N) is 1. The van der Waals surface area contributed by atoms with E-state index in [0.29, 0.717) is 0 Å². The second-order valence-corrected chi connectivity index (χ2v) is 2.13. The fourth-order valence-electron chi connectivity index (χ4n) is 0.360. The van der Waals surface area contributed by atoms with Crippen LogP contribution in [0.1, 0.15) is 0 Å². The van der Waals surface area contributed by atoms with E-state index in [1.54, 1.807) is 0 Å². The van der Waals surface area contributed by atoms with Crippen LogP contribution in [0.5, 0.6) is 0 Å². The second-order valence-electron chi connectivity index (χ2n) is 1.57. The monoisotopic (exact) mass is 207 g/mol. The highest BCUT2D eigenvalue weighted by Gasteiger charge is 2.19. The number of amides is 1. The van der Waals surface area contributed by atoms with Crippen molar-refractivity contribution in [3.05, 3.63) is 4.91 Å². The molecule has 0 rings (SSSR count). The fraction of sp³-hybridized carbons (Fsp3) is 0.500. The van der Waals surface area contributed by atoms with Crippen LogP contribution >= 0.6 is 15.9 Å². The van der Waals surface area contributed by atoms with Crippen LogP contribution in [0.4, 0.5) is 0 Å². The summed E-state index contributed by atoms with van der Waals surface area (Å²) in [5.74, 6) is -0.889. The topological polar surface area (TPSA) is 96.4 Å². The van der Waals surface area contributed by atoms with Gasteiger partial charge in [0.2, 0.25) is 6.04 Å². The highest BCUT2D eigenvalue weighted by atomic mass is 79.9. The molecule has 10 heavy (non-hydrogen) atoms. The van der Waals surface area contributed by atoms with Gasteiger partial charge in [0.1, 0.15) is 0 Å². The average Bonchev–Trinajstić information content (AvgIpc) is 1.88. The molecule has 5 nitrogen and oxygen atoms in total. The lowest BCUT2D eigenvalue weighted by molar-refractivity contribution is -0.117. The van der Waals surface area contributed by atoms with Crippen molar-refractivity contribution < 1.29 is 4.79 Å². The molecule has 56 valence electrons. The second kappa shape index (κ2) is 4.10. The number of rotatable bonds is 4. The number of carbonyl (C=O) groups is 1. The van der Waals surface area contributed by atoms with Gasteiger partial charge in [0.15, 0.2) is 0 Å². The summed E-state index contributed by atoms with van der Waals surface area (Å²) >= 11 is 2.89. The molecular weight excluding hydrogens is 202 g/mol. The van der Waals surface area contributed by atoms with Gasteiger partial charge in [-0.05, 0) is 0 Å². The predicted molar refractivity (Wildman–Crippen MR) is 40.3 cm³/mol.